The predicted octanol–water partition coefficient (Wildman–Crippen LogP) is 1.45. The minimum absolute atomic E-state index is 0.181. The van der Waals surface area contributed by atoms with Crippen molar-refractivity contribution in [1.29, 1.82) is 0 Å². The van der Waals surface area contributed by atoms with Crippen LogP contribution < -0.4 is 11.3 Å². The minimum atomic E-state index is -0.337. The molecule has 3 N–H and O–H groups in total. The Morgan fingerprint density at radius 3 is 2.47 bits per heavy atom. The molecule has 0 bridgehead atoms. The fraction of sp³-hybridized carbons (Fsp3) is 0.462. The maximum Gasteiger partial charge on any atom is 0.255 e. The number of amides is 1. The second-order valence-corrected chi connectivity index (χ2v) is 4.24. The smallest absolute Gasteiger partial charge is 0.255 e. The number of hydrogen-bond donors (Lipinski definition) is 2. The van der Waals surface area contributed by atoms with Gasteiger partial charge in [0.25, 0.3) is 5.91 Å². The molecule has 1 rings (SSSR count). The summed E-state index contributed by atoms with van der Waals surface area (Å²) in [5.41, 5.74) is 3.20. The zero-order valence-corrected chi connectivity index (χ0v) is 10.7. The van der Waals surface area contributed by atoms with E-state index in [-0.39, 0.29) is 11.9 Å². The lowest BCUT2D eigenvalue weighted by Gasteiger charge is -2.31. The first kappa shape index (κ1) is 13.7. The highest BCUT2D eigenvalue weighted by molar-refractivity contribution is 5.82. The van der Waals surface area contributed by atoms with Crippen LogP contribution in [-0.4, -0.2) is 23.9 Å². The second kappa shape index (κ2) is 6.37. The van der Waals surface area contributed by atoms with E-state index in [4.69, 9.17) is 5.84 Å². The maximum absolute atomic E-state index is 11.9. The van der Waals surface area contributed by atoms with Gasteiger partial charge in [-0.05, 0) is 26.0 Å². The molecule has 4 nitrogen and oxygen atoms in total. The van der Waals surface area contributed by atoms with Gasteiger partial charge in [0.15, 0.2) is 0 Å². The number of carbonyl (C=O) groups is 1. The van der Waals surface area contributed by atoms with Crippen LogP contribution in [0, 0.1) is 0 Å². The first-order valence-corrected chi connectivity index (χ1v) is 5.89. The molecule has 0 fully saturated rings. The van der Waals surface area contributed by atoms with Gasteiger partial charge in [-0.1, -0.05) is 37.3 Å². The average molecular weight is 235 g/mol. The van der Waals surface area contributed by atoms with E-state index in [1.54, 1.807) is 0 Å². The van der Waals surface area contributed by atoms with Crippen molar-refractivity contribution in [3.05, 3.63) is 35.9 Å². The molecule has 1 amide bonds. The van der Waals surface area contributed by atoms with Crippen LogP contribution in [0.3, 0.4) is 0 Å². The summed E-state index contributed by atoms with van der Waals surface area (Å²) in [6.45, 7) is 4.20. The lowest BCUT2D eigenvalue weighted by Crippen LogP contribution is -2.44. The Hall–Kier alpha value is -1.39. The van der Waals surface area contributed by atoms with E-state index in [9.17, 15) is 4.79 Å². The first-order valence-electron chi connectivity index (χ1n) is 5.89. The summed E-state index contributed by atoms with van der Waals surface area (Å²) >= 11 is 0. The van der Waals surface area contributed by atoms with Crippen molar-refractivity contribution in [3.8, 4) is 0 Å². The van der Waals surface area contributed by atoms with Gasteiger partial charge in [0, 0.05) is 6.04 Å². The molecule has 0 saturated heterocycles. The van der Waals surface area contributed by atoms with E-state index >= 15 is 0 Å². The van der Waals surface area contributed by atoms with Crippen molar-refractivity contribution in [2.45, 2.75) is 32.4 Å². The van der Waals surface area contributed by atoms with Gasteiger partial charge in [-0.25, -0.2) is 5.84 Å². The van der Waals surface area contributed by atoms with Gasteiger partial charge in [-0.15, -0.1) is 0 Å². The highest BCUT2D eigenvalue weighted by Crippen LogP contribution is 2.22. The van der Waals surface area contributed by atoms with E-state index in [0.29, 0.717) is 6.04 Å². The largest absolute Gasteiger partial charge is 0.293 e. The molecular formula is C13H21N3O. The van der Waals surface area contributed by atoms with Gasteiger partial charge in [0.05, 0.1) is 0 Å². The van der Waals surface area contributed by atoms with E-state index in [1.165, 1.54) is 0 Å². The monoisotopic (exact) mass is 235 g/mol. The Morgan fingerprint density at radius 2 is 2.00 bits per heavy atom. The van der Waals surface area contributed by atoms with E-state index < -0.39 is 0 Å². The minimum Gasteiger partial charge on any atom is -0.293 e. The summed E-state index contributed by atoms with van der Waals surface area (Å²) in [6, 6.07) is 9.66. The number of hydrogen-bond acceptors (Lipinski definition) is 3. The van der Waals surface area contributed by atoms with Crippen LogP contribution in [0.15, 0.2) is 30.3 Å². The molecular weight excluding hydrogens is 214 g/mol. The summed E-state index contributed by atoms with van der Waals surface area (Å²) < 4.78 is 0. The summed E-state index contributed by atoms with van der Waals surface area (Å²) in [7, 11) is 1.95. The van der Waals surface area contributed by atoms with Crippen molar-refractivity contribution >= 4 is 5.91 Å². The standard InChI is InChI=1S/C13H21N3O/c1-4-10(2)16(3)12(13(17)15-14)11-8-6-5-7-9-11/h5-10,12H,4,14H2,1-3H3,(H,15,17). The molecule has 0 saturated carbocycles. The van der Waals surface area contributed by atoms with Crippen molar-refractivity contribution in [1.82, 2.24) is 10.3 Å². The van der Waals surface area contributed by atoms with Crippen LogP contribution in [0.2, 0.25) is 0 Å². The Labute approximate surface area is 103 Å². The molecule has 0 aromatic heterocycles. The molecule has 0 heterocycles. The number of rotatable bonds is 5. The Kier molecular flexibility index (Phi) is 5.12. The maximum atomic E-state index is 11.9. The lowest BCUT2D eigenvalue weighted by molar-refractivity contribution is -0.127. The Bertz CT molecular complexity index is 353. The van der Waals surface area contributed by atoms with Crippen molar-refractivity contribution in [2.75, 3.05) is 7.05 Å². The van der Waals surface area contributed by atoms with E-state index in [1.807, 2.05) is 42.3 Å². The van der Waals surface area contributed by atoms with Crippen LogP contribution in [0.4, 0.5) is 0 Å². The predicted molar refractivity (Wildman–Crippen MR) is 69.0 cm³/mol. The third-order valence-corrected chi connectivity index (χ3v) is 3.20. The number of nitrogens with zero attached hydrogens (tertiary/aromatic N) is 1. The highest BCUT2D eigenvalue weighted by atomic mass is 16.2. The van der Waals surface area contributed by atoms with E-state index in [2.05, 4.69) is 19.3 Å². The number of carbonyl (C=O) groups excluding carboxylic acids is 1. The molecule has 94 valence electrons. The van der Waals surface area contributed by atoms with Crippen LogP contribution in [0.1, 0.15) is 31.9 Å². The highest BCUT2D eigenvalue weighted by Gasteiger charge is 2.26. The fourth-order valence-corrected chi connectivity index (χ4v) is 1.83. The molecule has 0 spiro atoms. The van der Waals surface area contributed by atoms with Crippen molar-refractivity contribution in [3.63, 3.8) is 0 Å². The molecule has 17 heavy (non-hydrogen) atoms. The summed E-state index contributed by atoms with van der Waals surface area (Å²) in [5, 5.41) is 0. The third kappa shape index (κ3) is 3.28. The zero-order valence-electron chi connectivity index (χ0n) is 10.7. The fourth-order valence-electron chi connectivity index (χ4n) is 1.83. The first-order chi connectivity index (χ1) is 8.11. The number of likely N-dealkylation sites (N-methyl/N-ethyl adjacent to an activating group) is 1. The molecule has 0 aliphatic carbocycles. The van der Waals surface area contributed by atoms with Gasteiger partial charge in [0.1, 0.15) is 6.04 Å². The Balaban J connectivity index is 3.00. The second-order valence-electron chi connectivity index (χ2n) is 4.24. The summed E-state index contributed by atoms with van der Waals surface area (Å²) in [5.74, 6) is 5.08. The SMILES string of the molecule is CCC(C)N(C)C(C(=O)NN)c1ccccc1. The normalized spacial score (nSPS) is 14.4. The Morgan fingerprint density at radius 1 is 1.41 bits per heavy atom. The lowest BCUT2D eigenvalue weighted by atomic mass is 10.0. The topological polar surface area (TPSA) is 58.4 Å². The number of nitrogens with two attached hydrogens (primary N) is 1. The molecule has 2 unspecified atom stereocenters. The van der Waals surface area contributed by atoms with Gasteiger partial charge in [-0.3, -0.25) is 15.1 Å². The van der Waals surface area contributed by atoms with Crippen LogP contribution in [-0.2, 0) is 4.79 Å². The number of hydrazine groups is 1. The van der Waals surface area contributed by atoms with Gasteiger partial charge >= 0.3 is 0 Å². The third-order valence-electron chi connectivity index (χ3n) is 3.20. The van der Waals surface area contributed by atoms with E-state index in [0.717, 1.165) is 12.0 Å². The average Bonchev–Trinajstić information content (AvgIpc) is 2.38. The molecule has 2 atom stereocenters. The summed E-state index contributed by atoms with van der Waals surface area (Å²) in [6.07, 6.45) is 0.984. The van der Waals surface area contributed by atoms with Gasteiger partial charge in [-0.2, -0.15) is 0 Å². The zero-order chi connectivity index (χ0) is 12.8. The van der Waals surface area contributed by atoms with Crippen LogP contribution in [0.5, 0.6) is 0 Å². The van der Waals surface area contributed by atoms with Crippen LogP contribution >= 0.6 is 0 Å². The molecule has 4 heteroatoms. The molecule has 1 aromatic carbocycles. The quantitative estimate of drug-likeness (QED) is 0.461. The van der Waals surface area contributed by atoms with Crippen molar-refractivity contribution < 1.29 is 4.79 Å². The molecule has 1 aromatic rings. The van der Waals surface area contributed by atoms with Crippen LogP contribution in [0.25, 0.3) is 0 Å². The number of nitrogens with one attached hydrogen (secondary N) is 1. The molecule has 0 radical (unpaired) electrons. The van der Waals surface area contributed by atoms with Gasteiger partial charge < -0.3 is 0 Å². The summed E-state index contributed by atoms with van der Waals surface area (Å²) in [4.78, 5) is 13.9. The van der Waals surface area contributed by atoms with Crippen molar-refractivity contribution in [2.24, 2.45) is 5.84 Å². The number of benzene rings is 1. The van der Waals surface area contributed by atoms with Gasteiger partial charge in [0.2, 0.25) is 0 Å². The molecule has 0 aliphatic heterocycles. The molecule has 0 aliphatic rings.